The van der Waals surface area contributed by atoms with Crippen LogP contribution in [0.25, 0.3) is 11.0 Å². The Bertz CT molecular complexity index is 646. The van der Waals surface area contributed by atoms with Gasteiger partial charge >= 0.3 is 5.97 Å². The van der Waals surface area contributed by atoms with Gasteiger partial charge in [0.15, 0.2) is 0 Å². The molecule has 1 atom stereocenters. The van der Waals surface area contributed by atoms with Crippen LogP contribution in [0, 0.1) is 0 Å². The highest BCUT2D eigenvalue weighted by Gasteiger charge is 2.25. The number of imidazole rings is 1. The third-order valence-electron chi connectivity index (χ3n) is 3.46. The van der Waals surface area contributed by atoms with Crippen molar-refractivity contribution in [3.63, 3.8) is 0 Å². The Balaban J connectivity index is 2.57. The van der Waals surface area contributed by atoms with Gasteiger partial charge in [-0.15, -0.1) is 0 Å². The van der Waals surface area contributed by atoms with Crippen molar-refractivity contribution in [2.24, 2.45) is 0 Å². The number of nitrogen functional groups attached to an aromatic ring is 1. The molecule has 2 N–H and O–H groups in total. The van der Waals surface area contributed by atoms with Crippen molar-refractivity contribution in [3.8, 4) is 0 Å². The zero-order valence-corrected chi connectivity index (χ0v) is 13.1. The van der Waals surface area contributed by atoms with E-state index in [9.17, 15) is 4.79 Å². The van der Waals surface area contributed by atoms with Gasteiger partial charge in [-0.25, -0.2) is 9.78 Å². The molecule has 1 heterocycles. The smallest absolute Gasteiger partial charge is 0.329 e. The van der Waals surface area contributed by atoms with Gasteiger partial charge in [0.05, 0.1) is 17.3 Å². The van der Waals surface area contributed by atoms with Crippen molar-refractivity contribution in [1.82, 2.24) is 9.55 Å². The van der Waals surface area contributed by atoms with E-state index in [-0.39, 0.29) is 18.1 Å². The van der Waals surface area contributed by atoms with Crippen LogP contribution in [-0.4, -0.2) is 21.6 Å². The lowest BCUT2D eigenvalue weighted by atomic mass is 10.2. The average Bonchev–Trinajstić information content (AvgIpc) is 2.79. The van der Waals surface area contributed by atoms with Gasteiger partial charge in [-0.1, -0.05) is 19.9 Å². The first-order valence-corrected chi connectivity index (χ1v) is 7.45. The monoisotopic (exact) mass is 289 g/mol. The Labute approximate surface area is 125 Å². The highest BCUT2D eigenvalue weighted by atomic mass is 16.5. The van der Waals surface area contributed by atoms with E-state index in [4.69, 9.17) is 10.5 Å². The summed E-state index contributed by atoms with van der Waals surface area (Å²) in [5, 5.41) is 0. The number of nitrogens with two attached hydrogens (primary N) is 1. The van der Waals surface area contributed by atoms with Gasteiger partial charge in [0.1, 0.15) is 17.4 Å². The minimum absolute atomic E-state index is 0.128. The second-order valence-electron chi connectivity index (χ2n) is 5.38. The lowest BCUT2D eigenvalue weighted by Crippen LogP contribution is -2.25. The molecule has 5 nitrogen and oxygen atoms in total. The predicted octanol–water partition coefficient (Wildman–Crippen LogP) is 3.08. The number of benzene rings is 1. The molecule has 0 amide bonds. The summed E-state index contributed by atoms with van der Waals surface area (Å²) < 4.78 is 7.36. The van der Waals surface area contributed by atoms with Gasteiger partial charge in [-0.05, 0) is 32.4 Å². The lowest BCUT2D eigenvalue weighted by Gasteiger charge is -2.20. The van der Waals surface area contributed by atoms with Gasteiger partial charge < -0.3 is 15.0 Å². The van der Waals surface area contributed by atoms with Crippen LogP contribution in [0.4, 0.5) is 5.69 Å². The molecule has 0 aliphatic carbocycles. The maximum absolute atomic E-state index is 12.4. The van der Waals surface area contributed by atoms with E-state index in [0.717, 1.165) is 23.3 Å². The maximum Gasteiger partial charge on any atom is 0.329 e. The molecule has 114 valence electrons. The fourth-order valence-corrected chi connectivity index (χ4v) is 2.55. The van der Waals surface area contributed by atoms with Crippen LogP contribution >= 0.6 is 0 Å². The second kappa shape index (κ2) is 6.16. The van der Waals surface area contributed by atoms with Crippen molar-refractivity contribution >= 4 is 22.7 Å². The predicted molar refractivity (Wildman–Crippen MR) is 84.1 cm³/mol. The third-order valence-corrected chi connectivity index (χ3v) is 3.46. The maximum atomic E-state index is 12.4. The number of esters is 1. The zero-order valence-electron chi connectivity index (χ0n) is 13.1. The van der Waals surface area contributed by atoms with Gasteiger partial charge in [0.2, 0.25) is 0 Å². The summed E-state index contributed by atoms with van der Waals surface area (Å²) >= 11 is 0. The topological polar surface area (TPSA) is 70.1 Å². The fraction of sp³-hybridized carbons (Fsp3) is 0.500. The van der Waals surface area contributed by atoms with E-state index in [2.05, 4.69) is 4.98 Å². The minimum Gasteiger partial charge on any atom is -0.461 e. The number of aryl methyl sites for hydroxylation is 1. The number of para-hydroxylation sites is 1. The van der Waals surface area contributed by atoms with E-state index in [1.54, 1.807) is 0 Å². The molecule has 0 saturated heterocycles. The van der Waals surface area contributed by atoms with Crippen molar-refractivity contribution in [2.45, 2.75) is 52.7 Å². The number of carbonyl (C=O) groups is 1. The van der Waals surface area contributed by atoms with E-state index in [1.165, 1.54) is 0 Å². The number of nitrogens with zero attached hydrogens (tertiary/aromatic N) is 2. The van der Waals surface area contributed by atoms with Crippen LogP contribution in [0.3, 0.4) is 0 Å². The fourth-order valence-electron chi connectivity index (χ4n) is 2.55. The number of fused-ring (bicyclic) bond motifs is 1. The largest absolute Gasteiger partial charge is 0.461 e. The van der Waals surface area contributed by atoms with Crippen LogP contribution in [0.1, 0.15) is 46.0 Å². The standard InChI is InChI=1S/C16H23N3O2/c1-5-12(16(20)21-10(3)4)19-13-9-7-8-11(17)15(13)18-14(19)6-2/h7-10,12H,5-6,17H2,1-4H3. The molecule has 0 aliphatic heterocycles. The zero-order chi connectivity index (χ0) is 15.6. The molecule has 0 bridgehead atoms. The molecule has 0 fully saturated rings. The van der Waals surface area contributed by atoms with Crippen LogP contribution in [0.5, 0.6) is 0 Å². The van der Waals surface area contributed by atoms with Crippen LogP contribution < -0.4 is 5.73 Å². The third kappa shape index (κ3) is 2.86. The summed E-state index contributed by atoms with van der Waals surface area (Å²) in [7, 11) is 0. The van der Waals surface area contributed by atoms with Crippen LogP contribution in [0.15, 0.2) is 18.2 Å². The Kier molecular flexibility index (Phi) is 4.50. The molecular weight excluding hydrogens is 266 g/mol. The number of carbonyl (C=O) groups excluding carboxylic acids is 1. The average molecular weight is 289 g/mol. The number of rotatable bonds is 5. The Hall–Kier alpha value is -2.04. The molecule has 0 spiro atoms. The number of hydrogen-bond donors (Lipinski definition) is 1. The first-order chi connectivity index (χ1) is 9.99. The summed E-state index contributed by atoms with van der Waals surface area (Å²) in [5.74, 6) is 0.638. The molecular formula is C16H23N3O2. The quantitative estimate of drug-likeness (QED) is 0.678. The summed E-state index contributed by atoms with van der Waals surface area (Å²) in [4.78, 5) is 17.0. The molecule has 2 rings (SSSR count). The van der Waals surface area contributed by atoms with E-state index >= 15 is 0 Å². The van der Waals surface area contributed by atoms with E-state index in [1.807, 2.05) is 50.5 Å². The normalized spacial score (nSPS) is 12.8. The van der Waals surface area contributed by atoms with Gasteiger partial charge in [-0.2, -0.15) is 0 Å². The summed E-state index contributed by atoms with van der Waals surface area (Å²) in [6.07, 6.45) is 1.26. The van der Waals surface area contributed by atoms with Gasteiger partial charge in [-0.3, -0.25) is 0 Å². The van der Waals surface area contributed by atoms with Crippen molar-refractivity contribution in [3.05, 3.63) is 24.0 Å². The Morgan fingerprint density at radius 3 is 2.67 bits per heavy atom. The number of aromatic nitrogens is 2. The molecule has 1 unspecified atom stereocenters. The highest BCUT2D eigenvalue weighted by Crippen LogP contribution is 2.28. The number of hydrogen-bond acceptors (Lipinski definition) is 4. The molecule has 0 saturated carbocycles. The molecule has 0 radical (unpaired) electrons. The Morgan fingerprint density at radius 1 is 1.38 bits per heavy atom. The first-order valence-electron chi connectivity index (χ1n) is 7.45. The molecule has 0 aliphatic rings. The first kappa shape index (κ1) is 15.4. The van der Waals surface area contributed by atoms with E-state index < -0.39 is 0 Å². The lowest BCUT2D eigenvalue weighted by molar-refractivity contribution is -0.151. The summed E-state index contributed by atoms with van der Waals surface area (Å²) in [6, 6.07) is 5.29. The number of ether oxygens (including phenoxy) is 1. The van der Waals surface area contributed by atoms with Crippen molar-refractivity contribution < 1.29 is 9.53 Å². The van der Waals surface area contributed by atoms with Gasteiger partial charge in [0, 0.05) is 6.42 Å². The molecule has 1 aromatic carbocycles. The summed E-state index contributed by atoms with van der Waals surface area (Å²) in [6.45, 7) is 7.71. The highest BCUT2D eigenvalue weighted by molar-refractivity contribution is 5.89. The molecule has 2 aromatic rings. The Morgan fingerprint density at radius 2 is 2.10 bits per heavy atom. The SMILES string of the molecule is CCc1nc2c(N)cccc2n1C(CC)C(=O)OC(C)C. The van der Waals surface area contributed by atoms with Crippen molar-refractivity contribution in [1.29, 1.82) is 0 Å². The van der Waals surface area contributed by atoms with Crippen molar-refractivity contribution in [2.75, 3.05) is 5.73 Å². The van der Waals surface area contributed by atoms with Crippen LogP contribution in [-0.2, 0) is 16.0 Å². The molecule has 21 heavy (non-hydrogen) atoms. The molecule has 1 aromatic heterocycles. The summed E-state index contributed by atoms with van der Waals surface area (Å²) in [5.41, 5.74) is 8.28. The number of anilines is 1. The minimum atomic E-state index is -0.367. The van der Waals surface area contributed by atoms with Crippen LogP contribution in [0.2, 0.25) is 0 Å². The molecule has 5 heteroatoms. The second-order valence-corrected chi connectivity index (χ2v) is 5.38. The van der Waals surface area contributed by atoms with Gasteiger partial charge in [0.25, 0.3) is 0 Å². The van der Waals surface area contributed by atoms with E-state index in [0.29, 0.717) is 12.1 Å².